The highest BCUT2D eigenvalue weighted by atomic mass is 32.1. The maximum absolute atomic E-state index is 11.0. The first kappa shape index (κ1) is 23.3. The van der Waals surface area contributed by atoms with Crippen molar-refractivity contribution in [3.8, 4) is 0 Å². The molecule has 0 saturated carbocycles. The first-order valence-corrected chi connectivity index (χ1v) is 9.60. The van der Waals surface area contributed by atoms with Crippen molar-refractivity contribution < 1.29 is 9.90 Å². The number of allylic oxidation sites excluding steroid dienone is 10. The van der Waals surface area contributed by atoms with Crippen molar-refractivity contribution in [1.82, 2.24) is 0 Å². The van der Waals surface area contributed by atoms with Crippen LogP contribution in [0.2, 0.25) is 0 Å². The molecule has 0 spiro atoms. The summed E-state index contributed by atoms with van der Waals surface area (Å²) in [6.07, 6.45) is 28.5. The van der Waals surface area contributed by atoms with E-state index in [2.05, 4.69) is 61.6 Å². The highest BCUT2D eigenvalue weighted by molar-refractivity contribution is 7.78. The van der Waals surface area contributed by atoms with Gasteiger partial charge in [-0.1, -0.05) is 79.9 Å². The molecule has 138 valence electrons. The van der Waals surface area contributed by atoms with Crippen LogP contribution in [0.25, 0.3) is 0 Å². The second-order valence-corrected chi connectivity index (χ2v) is 6.06. The van der Waals surface area contributed by atoms with Crippen molar-refractivity contribution in [2.75, 3.05) is 0 Å². The molecular weight excluding hydrogens is 328 g/mol. The molecular formula is C22H32O2S. The quantitative estimate of drug-likeness (QED) is 0.203. The predicted octanol–water partition coefficient (Wildman–Crippen LogP) is 6.61. The molecule has 0 rings (SSSR count). The van der Waals surface area contributed by atoms with Crippen molar-refractivity contribution >= 4 is 23.6 Å². The Balaban J connectivity index is 3.67. The molecule has 0 aliphatic carbocycles. The summed E-state index contributed by atoms with van der Waals surface area (Å²) in [7, 11) is 0. The lowest BCUT2D eigenvalue weighted by atomic mass is 10.0. The first-order chi connectivity index (χ1) is 12.2. The van der Waals surface area contributed by atoms with Crippen LogP contribution in [-0.2, 0) is 4.79 Å². The highest BCUT2D eigenvalue weighted by Crippen LogP contribution is 2.09. The van der Waals surface area contributed by atoms with Crippen LogP contribution in [0.15, 0.2) is 60.8 Å². The van der Waals surface area contributed by atoms with Gasteiger partial charge in [0.15, 0.2) is 0 Å². The molecule has 0 heterocycles. The Labute approximate surface area is 158 Å². The van der Waals surface area contributed by atoms with E-state index >= 15 is 0 Å². The van der Waals surface area contributed by atoms with Gasteiger partial charge in [0.25, 0.3) is 0 Å². The smallest absolute Gasteiger partial charge is 0.307 e. The van der Waals surface area contributed by atoms with Gasteiger partial charge < -0.3 is 5.11 Å². The molecule has 3 heteroatoms. The van der Waals surface area contributed by atoms with E-state index in [4.69, 9.17) is 17.3 Å². The number of hydrogen-bond donors (Lipinski definition) is 1. The zero-order chi connectivity index (χ0) is 18.6. The summed E-state index contributed by atoms with van der Waals surface area (Å²) in [5, 5.41) is 10.5. The molecule has 0 bridgehead atoms. The van der Waals surface area contributed by atoms with E-state index in [0.717, 1.165) is 38.5 Å². The van der Waals surface area contributed by atoms with Crippen LogP contribution in [0.1, 0.15) is 58.3 Å². The third-order valence-corrected chi connectivity index (χ3v) is 3.73. The Kier molecular flexibility index (Phi) is 17.3. The standard InChI is InChI=1S/C22H32O2S/c1-2-3-4-5-6-7-8-9-10-11-12-13-14-15-16-17-18-21(19-20-25)22(23)24/h3-4,6-7,9-10,12-13,16-17,20-21H,2,5,8,11,14-15,18-19H2,1H3,(H,23,24). The van der Waals surface area contributed by atoms with Crippen LogP contribution < -0.4 is 0 Å². The SMILES string of the molecule is CCC=CCC=CCC=CCC=CCCC=CCC(CC=S)C(=O)O. The third-order valence-electron chi connectivity index (χ3n) is 3.54. The zero-order valence-corrected chi connectivity index (χ0v) is 16.2. The Morgan fingerprint density at radius 2 is 1.28 bits per heavy atom. The van der Waals surface area contributed by atoms with Crippen LogP contribution >= 0.6 is 12.2 Å². The fraction of sp³-hybridized carbons (Fsp3) is 0.455. The molecule has 0 aromatic rings. The zero-order valence-electron chi connectivity index (χ0n) is 15.3. The second kappa shape index (κ2) is 18.6. The number of unbranched alkanes of at least 4 members (excludes halogenated alkanes) is 1. The van der Waals surface area contributed by atoms with Gasteiger partial charge in [-0.15, -0.1) is 0 Å². The summed E-state index contributed by atoms with van der Waals surface area (Å²) in [6.45, 7) is 2.14. The Morgan fingerprint density at radius 1 is 0.800 bits per heavy atom. The van der Waals surface area contributed by atoms with Gasteiger partial charge in [0.05, 0.1) is 5.92 Å². The molecule has 0 fully saturated rings. The van der Waals surface area contributed by atoms with Crippen molar-refractivity contribution in [1.29, 1.82) is 0 Å². The summed E-state index contributed by atoms with van der Waals surface area (Å²) in [5.74, 6) is -1.16. The first-order valence-electron chi connectivity index (χ1n) is 9.13. The largest absolute Gasteiger partial charge is 0.481 e. The van der Waals surface area contributed by atoms with E-state index in [9.17, 15) is 4.79 Å². The van der Waals surface area contributed by atoms with Gasteiger partial charge in [-0.3, -0.25) is 4.79 Å². The second-order valence-electron chi connectivity index (χ2n) is 5.72. The molecule has 25 heavy (non-hydrogen) atoms. The fourth-order valence-electron chi connectivity index (χ4n) is 2.08. The number of thiocarbonyl (C=S) groups is 1. The summed E-state index contributed by atoms with van der Waals surface area (Å²) >= 11 is 4.73. The molecule has 2 nitrogen and oxygen atoms in total. The maximum atomic E-state index is 11.0. The summed E-state index contributed by atoms with van der Waals surface area (Å²) in [4.78, 5) is 11.0. The molecule has 1 N–H and O–H groups in total. The average Bonchev–Trinajstić information content (AvgIpc) is 2.60. The number of hydrogen-bond acceptors (Lipinski definition) is 2. The minimum Gasteiger partial charge on any atom is -0.481 e. The molecule has 0 radical (unpaired) electrons. The van der Waals surface area contributed by atoms with Crippen LogP contribution in [0, 0.1) is 5.92 Å². The van der Waals surface area contributed by atoms with Crippen molar-refractivity contribution in [3.63, 3.8) is 0 Å². The maximum Gasteiger partial charge on any atom is 0.307 e. The van der Waals surface area contributed by atoms with Crippen LogP contribution in [0.4, 0.5) is 0 Å². The van der Waals surface area contributed by atoms with E-state index in [0.29, 0.717) is 12.8 Å². The summed E-state index contributed by atoms with van der Waals surface area (Å²) < 4.78 is 0. The molecule has 0 amide bonds. The normalized spacial score (nSPS) is 13.8. The van der Waals surface area contributed by atoms with Crippen molar-refractivity contribution in [2.24, 2.45) is 5.92 Å². The van der Waals surface area contributed by atoms with E-state index in [1.807, 2.05) is 6.08 Å². The van der Waals surface area contributed by atoms with E-state index in [1.54, 1.807) is 0 Å². The van der Waals surface area contributed by atoms with Crippen LogP contribution in [-0.4, -0.2) is 16.4 Å². The minimum absolute atomic E-state index is 0.383. The van der Waals surface area contributed by atoms with E-state index in [1.165, 1.54) is 5.37 Å². The molecule has 1 unspecified atom stereocenters. The number of rotatable bonds is 15. The van der Waals surface area contributed by atoms with Gasteiger partial charge in [-0.05, 0) is 56.7 Å². The van der Waals surface area contributed by atoms with E-state index in [-0.39, 0.29) is 5.92 Å². The predicted molar refractivity (Wildman–Crippen MR) is 113 cm³/mol. The van der Waals surface area contributed by atoms with Crippen LogP contribution in [0.5, 0.6) is 0 Å². The fourth-order valence-corrected chi connectivity index (χ4v) is 2.31. The molecule has 0 aliphatic heterocycles. The van der Waals surface area contributed by atoms with Crippen LogP contribution in [0.3, 0.4) is 0 Å². The Hall–Kier alpha value is -1.74. The number of carboxylic acid groups (broad SMARTS) is 1. The van der Waals surface area contributed by atoms with Crippen molar-refractivity contribution in [3.05, 3.63) is 60.8 Å². The summed E-state index contributed by atoms with van der Waals surface area (Å²) in [6, 6.07) is 0. The third kappa shape index (κ3) is 16.9. The monoisotopic (exact) mass is 360 g/mol. The van der Waals surface area contributed by atoms with Gasteiger partial charge in [-0.2, -0.15) is 0 Å². The van der Waals surface area contributed by atoms with Gasteiger partial charge in [-0.25, -0.2) is 0 Å². The van der Waals surface area contributed by atoms with Gasteiger partial charge in [0, 0.05) is 0 Å². The number of carboxylic acids is 1. The highest BCUT2D eigenvalue weighted by Gasteiger charge is 2.13. The van der Waals surface area contributed by atoms with Gasteiger partial charge >= 0.3 is 5.97 Å². The number of aliphatic carboxylic acids is 1. The molecule has 0 aliphatic rings. The van der Waals surface area contributed by atoms with Gasteiger partial charge in [0.1, 0.15) is 0 Å². The Morgan fingerprint density at radius 3 is 1.76 bits per heavy atom. The van der Waals surface area contributed by atoms with Gasteiger partial charge in [0.2, 0.25) is 0 Å². The lowest BCUT2D eigenvalue weighted by molar-refractivity contribution is -0.141. The lowest BCUT2D eigenvalue weighted by Crippen LogP contribution is -2.12. The Bertz CT molecular complexity index is 484. The van der Waals surface area contributed by atoms with Crippen molar-refractivity contribution in [2.45, 2.75) is 58.3 Å². The molecule has 1 atom stereocenters. The number of carbonyl (C=O) groups is 1. The molecule has 0 aromatic carbocycles. The average molecular weight is 361 g/mol. The van der Waals surface area contributed by atoms with E-state index < -0.39 is 5.97 Å². The minimum atomic E-state index is -0.773. The molecule has 0 aromatic heterocycles. The molecule has 0 saturated heterocycles. The summed E-state index contributed by atoms with van der Waals surface area (Å²) in [5.41, 5.74) is 0. The lowest BCUT2D eigenvalue weighted by Gasteiger charge is -2.04. The topological polar surface area (TPSA) is 37.3 Å².